The van der Waals surface area contributed by atoms with Crippen LogP contribution in [-0.4, -0.2) is 56.6 Å². The highest BCUT2D eigenvalue weighted by atomic mass is 16.5. The average molecular weight is 413 g/mol. The van der Waals surface area contributed by atoms with Gasteiger partial charge in [0.05, 0.1) is 19.1 Å². The molecule has 1 aromatic carbocycles. The van der Waals surface area contributed by atoms with Gasteiger partial charge in [-0.05, 0) is 27.5 Å². The molecule has 0 aliphatic rings. The summed E-state index contributed by atoms with van der Waals surface area (Å²) in [4.78, 5) is 11.9. The molecule has 0 aliphatic carbocycles. The first-order valence-electron chi connectivity index (χ1n) is 9.87. The van der Waals surface area contributed by atoms with Crippen LogP contribution in [0, 0.1) is 0 Å². The summed E-state index contributed by atoms with van der Waals surface area (Å²) in [5.74, 6) is -0.346. The third-order valence-electron chi connectivity index (χ3n) is 4.70. The fourth-order valence-electron chi connectivity index (χ4n) is 3.00. The topological polar surface area (TPSA) is 127 Å². The van der Waals surface area contributed by atoms with Gasteiger partial charge in [-0.2, -0.15) is 0 Å². The van der Waals surface area contributed by atoms with Crippen LogP contribution in [-0.2, 0) is 26.8 Å². The Morgan fingerprint density at radius 1 is 0.966 bits per heavy atom. The molecule has 5 N–H and O–H groups in total. The number of ether oxygens (including phenoxy) is 1. The minimum absolute atomic E-state index is 0.106. The molecule has 2 atom stereocenters. The fraction of sp³-hybridized carbons (Fsp3) is 0.682. The zero-order valence-corrected chi connectivity index (χ0v) is 18.3. The highest BCUT2D eigenvalue weighted by Gasteiger charge is 2.26. The Morgan fingerprint density at radius 2 is 1.45 bits per heavy atom. The van der Waals surface area contributed by atoms with E-state index in [4.69, 9.17) is 14.9 Å². The molecule has 0 aliphatic heterocycles. The maximum Gasteiger partial charge on any atom is 0.308 e. The van der Waals surface area contributed by atoms with E-state index in [1.54, 1.807) is 0 Å². The smallest absolute Gasteiger partial charge is 0.308 e. The summed E-state index contributed by atoms with van der Waals surface area (Å²) in [5, 5.41) is 47.4. The zero-order valence-electron chi connectivity index (χ0n) is 18.3. The van der Waals surface area contributed by atoms with Crippen molar-refractivity contribution in [2.24, 2.45) is 0 Å². The Hall–Kier alpha value is -1.67. The number of aromatic hydroxyl groups is 1. The molecule has 7 heteroatoms. The van der Waals surface area contributed by atoms with Crippen LogP contribution in [0.25, 0.3) is 0 Å². The molecular formula is C22H36O7. The van der Waals surface area contributed by atoms with Crippen molar-refractivity contribution < 1.29 is 35.1 Å². The third kappa shape index (κ3) is 7.93. The van der Waals surface area contributed by atoms with Crippen molar-refractivity contribution in [1.82, 2.24) is 0 Å². The van der Waals surface area contributed by atoms with Crippen LogP contribution in [0.1, 0.15) is 71.1 Å². The number of rotatable bonds is 8. The largest absolute Gasteiger partial charge is 0.507 e. The van der Waals surface area contributed by atoms with Crippen molar-refractivity contribution in [3.05, 3.63) is 28.8 Å². The summed E-state index contributed by atoms with van der Waals surface area (Å²) in [6.45, 7) is 12.3. The molecule has 0 saturated heterocycles. The number of benzene rings is 1. The van der Waals surface area contributed by atoms with E-state index in [2.05, 4.69) is 0 Å². The van der Waals surface area contributed by atoms with E-state index >= 15 is 0 Å². The monoisotopic (exact) mass is 412 g/mol. The van der Waals surface area contributed by atoms with Gasteiger partial charge in [-0.3, -0.25) is 4.79 Å². The predicted octanol–water partition coefficient (Wildman–Crippen LogP) is 1.89. The lowest BCUT2D eigenvalue weighted by Crippen LogP contribution is -2.30. The molecule has 7 nitrogen and oxygen atoms in total. The molecule has 0 heterocycles. The molecule has 0 fully saturated rings. The second kappa shape index (κ2) is 9.89. The Bertz CT molecular complexity index is 648. The summed E-state index contributed by atoms with van der Waals surface area (Å²) in [5.41, 5.74) is 2.10. The van der Waals surface area contributed by atoms with Gasteiger partial charge in [0, 0.05) is 12.8 Å². The van der Waals surface area contributed by atoms with Crippen molar-refractivity contribution in [2.75, 3.05) is 6.61 Å². The Balaban J connectivity index is 2.78. The molecule has 0 spiro atoms. The highest BCUT2D eigenvalue weighted by Crippen LogP contribution is 2.39. The molecule has 0 aromatic heterocycles. The number of hydrogen-bond donors (Lipinski definition) is 5. The van der Waals surface area contributed by atoms with Crippen LogP contribution < -0.4 is 0 Å². The van der Waals surface area contributed by atoms with Crippen LogP contribution >= 0.6 is 0 Å². The molecule has 1 aromatic rings. The van der Waals surface area contributed by atoms with Crippen LogP contribution in [0.5, 0.6) is 5.75 Å². The van der Waals surface area contributed by atoms with Gasteiger partial charge >= 0.3 is 5.97 Å². The first-order valence-corrected chi connectivity index (χ1v) is 9.87. The molecule has 2 unspecified atom stereocenters. The number of aliphatic hydroxyl groups excluding tert-OH is 3. The first-order chi connectivity index (χ1) is 13.1. The minimum atomic E-state index is -1.97. The second-order valence-corrected chi connectivity index (χ2v) is 9.58. The van der Waals surface area contributed by atoms with Crippen molar-refractivity contribution >= 4 is 5.97 Å². The molecule has 0 saturated carbocycles. The lowest BCUT2D eigenvalue weighted by atomic mass is 9.78. The minimum Gasteiger partial charge on any atom is -0.507 e. The van der Waals surface area contributed by atoms with Gasteiger partial charge in [0.25, 0.3) is 0 Å². The highest BCUT2D eigenvalue weighted by molar-refractivity contribution is 5.69. The van der Waals surface area contributed by atoms with Gasteiger partial charge in [0.2, 0.25) is 0 Å². The van der Waals surface area contributed by atoms with Crippen LogP contribution in [0.2, 0.25) is 0 Å². The van der Waals surface area contributed by atoms with Gasteiger partial charge in [0.15, 0.2) is 6.29 Å². The third-order valence-corrected chi connectivity index (χ3v) is 4.70. The summed E-state index contributed by atoms with van der Waals surface area (Å²) >= 11 is 0. The second-order valence-electron chi connectivity index (χ2n) is 9.58. The molecule has 1 rings (SSSR count). The van der Waals surface area contributed by atoms with Crippen LogP contribution in [0.3, 0.4) is 0 Å². The number of aliphatic hydroxyl groups is 4. The van der Waals surface area contributed by atoms with E-state index in [1.807, 2.05) is 53.7 Å². The van der Waals surface area contributed by atoms with Crippen molar-refractivity contribution in [1.29, 1.82) is 0 Å². The number of phenolic OH excluding ortho intramolecular Hbond substituents is 1. The number of phenols is 1. The van der Waals surface area contributed by atoms with E-state index in [-0.39, 0.29) is 30.3 Å². The van der Waals surface area contributed by atoms with Crippen molar-refractivity contribution in [2.45, 2.75) is 90.1 Å². The van der Waals surface area contributed by atoms with Gasteiger partial charge < -0.3 is 30.3 Å². The molecule has 0 bridgehead atoms. The van der Waals surface area contributed by atoms with E-state index in [0.29, 0.717) is 12.2 Å². The number of hydrogen-bond acceptors (Lipinski definition) is 7. The van der Waals surface area contributed by atoms with E-state index < -0.39 is 24.5 Å². The average Bonchev–Trinajstić information content (AvgIpc) is 2.53. The molecule has 0 amide bonds. The quantitative estimate of drug-likeness (QED) is 0.326. The maximum absolute atomic E-state index is 11.9. The van der Waals surface area contributed by atoms with E-state index in [1.165, 1.54) is 0 Å². The summed E-state index contributed by atoms with van der Waals surface area (Å²) in [7, 11) is 0. The standard InChI is InChI=1S/C22H36O7/c1-21(2,3)15-9-13(10-16(19(15)26)22(4,5)6)7-8-29-18(25)12-14(23)11-17(24)20(27)28/h9-10,14,17,20,23-24,26-28H,7-8,11-12H2,1-6H3. The number of carbonyl (C=O) groups excluding carboxylic acids is 1. The van der Waals surface area contributed by atoms with E-state index in [0.717, 1.165) is 16.7 Å². The lowest BCUT2D eigenvalue weighted by molar-refractivity contribution is -0.150. The van der Waals surface area contributed by atoms with Gasteiger partial charge in [-0.1, -0.05) is 53.7 Å². The van der Waals surface area contributed by atoms with Gasteiger partial charge in [-0.15, -0.1) is 0 Å². The molecule has 0 radical (unpaired) electrons. The number of esters is 1. The SMILES string of the molecule is CC(C)(C)c1cc(CCOC(=O)CC(O)CC(O)C(O)O)cc(C(C)(C)C)c1O. The van der Waals surface area contributed by atoms with Gasteiger partial charge in [-0.25, -0.2) is 0 Å². The summed E-state index contributed by atoms with van der Waals surface area (Å²) in [6, 6.07) is 3.85. The first kappa shape index (κ1) is 25.4. The van der Waals surface area contributed by atoms with Crippen molar-refractivity contribution in [3.63, 3.8) is 0 Å². The summed E-state index contributed by atoms with van der Waals surface area (Å²) < 4.78 is 5.17. The van der Waals surface area contributed by atoms with Crippen LogP contribution in [0.15, 0.2) is 12.1 Å². The Morgan fingerprint density at radius 3 is 1.86 bits per heavy atom. The Kier molecular flexibility index (Phi) is 8.65. The molecule has 29 heavy (non-hydrogen) atoms. The lowest BCUT2D eigenvalue weighted by Gasteiger charge is -2.28. The normalized spacial score (nSPS) is 14.7. The fourth-order valence-corrected chi connectivity index (χ4v) is 3.00. The van der Waals surface area contributed by atoms with Crippen molar-refractivity contribution in [3.8, 4) is 5.75 Å². The zero-order chi connectivity index (χ0) is 22.6. The van der Waals surface area contributed by atoms with Crippen LogP contribution in [0.4, 0.5) is 0 Å². The number of carbonyl (C=O) groups is 1. The molecule has 166 valence electrons. The van der Waals surface area contributed by atoms with Gasteiger partial charge in [0.1, 0.15) is 11.9 Å². The van der Waals surface area contributed by atoms with E-state index in [9.17, 15) is 20.1 Å². The maximum atomic E-state index is 11.9. The Labute approximate surface area is 173 Å². The predicted molar refractivity (Wildman–Crippen MR) is 110 cm³/mol. The molecular weight excluding hydrogens is 376 g/mol. The summed E-state index contributed by atoms with van der Waals surface area (Å²) in [6.07, 6.45) is -4.96.